The number of nitrogens with one attached hydrogen (secondary N) is 1. The molecular formula is C20H21N3O3S2. The molecule has 1 atom stereocenters. The lowest BCUT2D eigenvalue weighted by molar-refractivity contribution is -0.113. The zero-order valence-electron chi connectivity index (χ0n) is 15.4. The molecule has 3 aromatic rings. The monoisotopic (exact) mass is 415 g/mol. The summed E-state index contributed by atoms with van der Waals surface area (Å²) in [6.45, 7) is 2.10. The third-order valence-corrected chi connectivity index (χ3v) is 6.48. The Balaban J connectivity index is 1.55. The summed E-state index contributed by atoms with van der Waals surface area (Å²) < 4.78 is 24.4. The highest BCUT2D eigenvalue weighted by atomic mass is 32.2. The van der Waals surface area contributed by atoms with Crippen molar-refractivity contribution in [1.29, 1.82) is 0 Å². The van der Waals surface area contributed by atoms with Crippen molar-refractivity contribution in [2.75, 3.05) is 11.1 Å². The van der Waals surface area contributed by atoms with Gasteiger partial charge in [-0.15, -0.1) is 10.2 Å². The number of hydrogen-bond acceptors (Lipinski definition) is 6. The number of rotatable bonds is 8. The quantitative estimate of drug-likeness (QED) is 0.609. The van der Waals surface area contributed by atoms with Gasteiger partial charge in [0, 0.05) is 6.42 Å². The van der Waals surface area contributed by atoms with Crippen LogP contribution in [-0.4, -0.2) is 30.3 Å². The highest BCUT2D eigenvalue weighted by molar-refractivity contribution is 7.91. The van der Waals surface area contributed by atoms with Crippen LogP contribution in [0.3, 0.4) is 0 Å². The first kappa shape index (κ1) is 20.2. The van der Waals surface area contributed by atoms with Crippen LogP contribution in [-0.2, 0) is 26.8 Å². The van der Waals surface area contributed by atoms with Crippen LogP contribution in [0.1, 0.15) is 29.0 Å². The maximum Gasteiger partial charge on any atom is 0.241 e. The minimum atomic E-state index is -3.56. The van der Waals surface area contributed by atoms with Gasteiger partial charge < -0.3 is 0 Å². The first-order valence-corrected chi connectivity index (χ1v) is 11.5. The molecule has 28 heavy (non-hydrogen) atoms. The lowest BCUT2D eigenvalue weighted by Gasteiger charge is -2.08. The zero-order valence-corrected chi connectivity index (χ0v) is 17.0. The molecule has 3 rings (SSSR count). The molecule has 1 N–H and O–H groups in total. The second-order valence-electron chi connectivity index (χ2n) is 6.58. The number of aromatic nitrogens is 2. The van der Waals surface area contributed by atoms with Gasteiger partial charge >= 0.3 is 0 Å². The molecule has 0 aliphatic rings. The number of carbonyl (C=O) groups is 1. The number of anilines is 1. The van der Waals surface area contributed by atoms with Crippen LogP contribution < -0.4 is 5.32 Å². The second kappa shape index (κ2) is 9.07. The number of hydrogen-bond donors (Lipinski definition) is 1. The molecule has 0 radical (unpaired) electrons. The summed E-state index contributed by atoms with van der Waals surface area (Å²) in [5, 5.41) is 11.7. The number of benzene rings is 2. The molecule has 2 aromatic carbocycles. The maximum absolute atomic E-state index is 12.2. The Kier molecular flexibility index (Phi) is 6.53. The fraction of sp³-hybridized carbons (Fsp3) is 0.250. The summed E-state index contributed by atoms with van der Waals surface area (Å²) in [5.41, 5.74) is 1.86. The van der Waals surface area contributed by atoms with Crippen molar-refractivity contribution in [3.05, 3.63) is 76.8 Å². The van der Waals surface area contributed by atoms with E-state index in [9.17, 15) is 13.2 Å². The molecule has 6 nitrogen and oxygen atoms in total. The highest BCUT2D eigenvalue weighted by Crippen LogP contribution is 2.24. The molecular weight excluding hydrogens is 394 g/mol. The molecule has 0 saturated heterocycles. The molecule has 146 valence electrons. The fourth-order valence-corrected chi connectivity index (χ4v) is 4.94. The fourth-order valence-electron chi connectivity index (χ4n) is 2.78. The van der Waals surface area contributed by atoms with Gasteiger partial charge in [-0.2, -0.15) is 0 Å². The van der Waals surface area contributed by atoms with E-state index in [1.165, 1.54) is 16.9 Å². The van der Waals surface area contributed by atoms with Crippen LogP contribution in [0.4, 0.5) is 5.13 Å². The van der Waals surface area contributed by atoms with Crippen molar-refractivity contribution in [2.24, 2.45) is 0 Å². The first-order chi connectivity index (χ1) is 13.4. The first-order valence-electron chi connectivity index (χ1n) is 8.83. The van der Waals surface area contributed by atoms with Crippen LogP contribution in [0.5, 0.6) is 0 Å². The van der Waals surface area contributed by atoms with Crippen molar-refractivity contribution in [2.45, 2.75) is 25.0 Å². The van der Waals surface area contributed by atoms with Crippen molar-refractivity contribution in [3.8, 4) is 0 Å². The molecule has 0 bridgehead atoms. The average Bonchev–Trinajstić information content (AvgIpc) is 3.08. The van der Waals surface area contributed by atoms with E-state index in [0.717, 1.165) is 5.01 Å². The molecule has 0 aliphatic heterocycles. The van der Waals surface area contributed by atoms with E-state index in [1.807, 2.05) is 24.3 Å². The zero-order chi connectivity index (χ0) is 20.0. The van der Waals surface area contributed by atoms with E-state index in [1.54, 1.807) is 24.3 Å². The van der Waals surface area contributed by atoms with E-state index in [-0.39, 0.29) is 11.7 Å². The topological polar surface area (TPSA) is 89.0 Å². The van der Waals surface area contributed by atoms with Crippen molar-refractivity contribution >= 4 is 32.2 Å². The van der Waals surface area contributed by atoms with Gasteiger partial charge in [-0.3, -0.25) is 10.1 Å². The summed E-state index contributed by atoms with van der Waals surface area (Å²) in [6.07, 6.45) is 0.698. The summed E-state index contributed by atoms with van der Waals surface area (Å²) in [5.74, 6) is -1.09. The van der Waals surface area contributed by atoms with Crippen molar-refractivity contribution < 1.29 is 13.2 Å². The molecule has 0 aliphatic carbocycles. The largest absolute Gasteiger partial charge is 0.300 e. The summed E-state index contributed by atoms with van der Waals surface area (Å²) >= 11 is 1.27. The van der Waals surface area contributed by atoms with E-state index in [4.69, 9.17) is 0 Å². The molecule has 0 fully saturated rings. The van der Waals surface area contributed by atoms with E-state index < -0.39 is 21.5 Å². The Morgan fingerprint density at radius 3 is 2.36 bits per heavy atom. The minimum absolute atomic E-state index is 0.169. The molecule has 1 heterocycles. The van der Waals surface area contributed by atoms with E-state index in [2.05, 4.69) is 34.6 Å². The van der Waals surface area contributed by atoms with E-state index >= 15 is 0 Å². The Labute approximate surface area is 168 Å². The Morgan fingerprint density at radius 1 is 1.04 bits per heavy atom. The molecule has 1 unspecified atom stereocenters. The smallest absolute Gasteiger partial charge is 0.241 e. The predicted molar refractivity (Wildman–Crippen MR) is 111 cm³/mol. The Hall–Kier alpha value is -2.58. The van der Waals surface area contributed by atoms with Gasteiger partial charge in [0.2, 0.25) is 11.0 Å². The second-order valence-corrected chi connectivity index (χ2v) is 9.71. The molecule has 1 amide bonds. The van der Waals surface area contributed by atoms with Crippen LogP contribution in [0, 0.1) is 0 Å². The lowest BCUT2D eigenvalue weighted by atomic mass is 9.98. The van der Waals surface area contributed by atoms with Crippen molar-refractivity contribution in [1.82, 2.24) is 10.2 Å². The highest BCUT2D eigenvalue weighted by Gasteiger charge is 2.19. The number of nitrogens with zero attached hydrogens (tertiary/aromatic N) is 2. The van der Waals surface area contributed by atoms with Gasteiger partial charge in [-0.05, 0) is 17.0 Å². The average molecular weight is 416 g/mol. The Bertz CT molecular complexity index is 1020. The standard InChI is InChI=1S/C20H21N3O3S2/c1-15(17-10-6-3-7-11-17)12-19-22-23-20(27-19)21-18(24)14-28(25,26)13-16-8-4-2-5-9-16/h2-11,15H,12-14H2,1H3,(H,21,23,24). The molecule has 8 heteroatoms. The van der Waals surface area contributed by atoms with Gasteiger partial charge in [0.05, 0.1) is 5.75 Å². The van der Waals surface area contributed by atoms with Gasteiger partial charge in [0.25, 0.3) is 0 Å². The summed E-state index contributed by atoms with van der Waals surface area (Å²) in [6, 6.07) is 18.9. The third kappa shape index (κ3) is 5.97. The molecule has 0 spiro atoms. The summed E-state index contributed by atoms with van der Waals surface area (Å²) in [7, 11) is -3.56. The normalized spacial score (nSPS) is 12.5. The SMILES string of the molecule is CC(Cc1nnc(NC(=O)CS(=O)(=O)Cc2ccccc2)s1)c1ccccc1. The van der Waals surface area contributed by atoms with Gasteiger partial charge in [-0.25, -0.2) is 8.42 Å². The predicted octanol–water partition coefficient (Wildman–Crippen LogP) is 3.44. The third-order valence-electron chi connectivity index (χ3n) is 4.14. The molecule has 1 aromatic heterocycles. The van der Waals surface area contributed by atoms with Gasteiger partial charge in [0.15, 0.2) is 9.84 Å². The van der Waals surface area contributed by atoms with Crippen LogP contribution >= 0.6 is 11.3 Å². The number of sulfone groups is 1. The van der Waals surface area contributed by atoms with Crippen molar-refractivity contribution in [3.63, 3.8) is 0 Å². The lowest BCUT2D eigenvalue weighted by Crippen LogP contribution is -2.23. The van der Waals surface area contributed by atoms with Gasteiger partial charge in [0.1, 0.15) is 10.8 Å². The van der Waals surface area contributed by atoms with Crippen LogP contribution in [0.15, 0.2) is 60.7 Å². The summed E-state index contributed by atoms with van der Waals surface area (Å²) in [4.78, 5) is 12.1. The van der Waals surface area contributed by atoms with Crippen LogP contribution in [0.25, 0.3) is 0 Å². The van der Waals surface area contributed by atoms with Gasteiger partial charge in [-0.1, -0.05) is 78.9 Å². The van der Waals surface area contributed by atoms with E-state index in [0.29, 0.717) is 17.1 Å². The molecule has 0 saturated carbocycles. The Morgan fingerprint density at radius 2 is 1.68 bits per heavy atom. The van der Waals surface area contributed by atoms with Crippen LogP contribution in [0.2, 0.25) is 0 Å². The number of amides is 1. The maximum atomic E-state index is 12.2. The number of carbonyl (C=O) groups excluding carboxylic acids is 1. The minimum Gasteiger partial charge on any atom is -0.300 e.